The van der Waals surface area contributed by atoms with Crippen molar-refractivity contribution < 1.29 is 19.5 Å². The zero-order valence-corrected chi connectivity index (χ0v) is 15.4. The molecule has 1 fully saturated rings. The van der Waals surface area contributed by atoms with Crippen molar-refractivity contribution in [2.75, 3.05) is 19.7 Å². The molecule has 8 heteroatoms. The largest absolute Gasteiger partial charge is 0.394 e. The van der Waals surface area contributed by atoms with Crippen molar-refractivity contribution in [2.24, 2.45) is 5.92 Å². The van der Waals surface area contributed by atoms with Crippen LogP contribution in [0.1, 0.15) is 46.5 Å². The number of rotatable bonds is 2. The number of amides is 3. The van der Waals surface area contributed by atoms with Crippen LogP contribution < -0.4 is 21.3 Å². The van der Waals surface area contributed by atoms with Crippen molar-refractivity contribution >= 4 is 17.7 Å². The van der Waals surface area contributed by atoms with E-state index in [1.54, 1.807) is 6.92 Å². The summed E-state index contributed by atoms with van der Waals surface area (Å²) in [6.45, 7) is 6.13. The molecule has 0 saturated carbocycles. The molecular formula is C17H32N4O4. The molecule has 8 nitrogen and oxygen atoms in total. The number of hydrogen-bond acceptors (Lipinski definition) is 5. The van der Waals surface area contributed by atoms with Crippen LogP contribution in [-0.2, 0) is 14.4 Å². The third-order valence-corrected chi connectivity index (χ3v) is 4.31. The standard InChI is InChI=1S/C17H32N4O4/c1-11(2)14-17(25)19-9-7-5-4-6-8-18-12(3)15(23)20-13(10-22)16(24)21-14/h11-14,18,22H,4-10H2,1-3H3,(H,19,25)(H,20,23)(H,21,24)/t12-,13-,14+/m1/s1. The van der Waals surface area contributed by atoms with Gasteiger partial charge in [0, 0.05) is 6.54 Å². The Bertz CT molecular complexity index is 456. The SMILES string of the molecule is CC(C)[C@@H]1NC(=O)[C@@H](CO)NC(=O)[C@@H](C)NCCCCCCNC1=O. The van der Waals surface area contributed by atoms with Gasteiger partial charge in [-0.05, 0) is 32.2 Å². The van der Waals surface area contributed by atoms with E-state index in [0.29, 0.717) is 13.1 Å². The molecule has 3 amide bonds. The predicted molar refractivity (Wildman–Crippen MR) is 94.7 cm³/mol. The lowest BCUT2D eigenvalue weighted by molar-refractivity contribution is -0.134. The lowest BCUT2D eigenvalue weighted by Gasteiger charge is -2.25. The van der Waals surface area contributed by atoms with Crippen molar-refractivity contribution in [1.82, 2.24) is 21.3 Å². The highest BCUT2D eigenvalue weighted by molar-refractivity contribution is 5.93. The highest BCUT2D eigenvalue weighted by atomic mass is 16.3. The monoisotopic (exact) mass is 356 g/mol. The Balaban J connectivity index is 2.84. The van der Waals surface area contributed by atoms with Crippen molar-refractivity contribution in [3.8, 4) is 0 Å². The minimum Gasteiger partial charge on any atom is -0.394 e. The van der Waals surface area contributed by atoms with E-state index in [4.69, 9.17) is 0 Å². The summed E-state index contributed by atoms with van der Waals surface area (Å²) in [5.74, 6) is -1.28. The van der Waals surface area contributed by atoms with E-state index in [2.05, 4.69) is 21.3 Å². The molecule has 3 atom stereocenters. The van der Waals surface area contributed by atoms with Crippen molar-refractivity contribution in [3.63, 3.8) is 0 Å². The lowest BCUT2D eigenvalue weighted by atomic mass is 10.0. The molecule has 5 N–H and O–H groups in total. The van der Waals surface area contributed by atoms with Gasteiger partial charge in [-0.15, -0.1) is 0 Å². The Morgan fingerprint density at radius 2 is 1.60 bits per heavy atom. The van der Waals surface area contributed by atoms with Gasteiger partial charge < -0.3 is 26.4 Å². The van der Waals surface area contributed by atoms with E-state index in [1.165, 1.54) is 0 Å². The molecule has 0 aromatic rings. The minimum absolute atomic E-state index is 0.113. The van der Waals surface area contributed by atoms with E-state index < -0.39 is 30.6 Å². The Labute approximate surface area is 149 Å². The third kappa shape index (κ3) is 7.39. The smallest absolute Gasteiger partial charge is 0.245 e. The molecule has 1 heterocycles. The minimum atomic E-state index is -1.08. The van der Waals surface area contributed by atoms with E-state index >= 15 is 0 Å². The van der Waals surface area contributed by atoms with Gasteiger partial charge >= 0.3 is 0 Å². The maximum Gasteiger partial charge on any atom is 0.245 e. The first-order valence-electron chi connectivity index (χ1n) is 9.09. The van der Waals surface area contributed by atoms with Crippen LogP contribution in [0.15, 0.2) is 0 Å². The van der Waals surface area contributed by atoms with E-state index in [1.807, 2.05) is 13.8 Å². The van der Waals surface area contributed by atoms with Crippen LogP contribution in [0.5, 0.6) is 0 Å². The second-order valence-electron chi connectivity index (χ2n) is 6.86. The van der Waals surface area contributed by atoms with Gasteiger partial charge in [-0.3, -0.25) is 14.4 Å². The second-order valence-corrected chi connectivity index (χ2v) is 6.86. The fourth-order valence-corrected chi connectivity index (χ4v) is 2.62. The molecule has 144 valence electrons. The molecule has 1 aliphatic rings. The molecule has 1 rings (SSSR count). The Kier molecular flexibility index (Phi) is 9.44. The van der Waals surface area contributed by atoms with Crippen molar-refractivity contribution in [3.05, 3.63) is 0 Å². The van der Waals surface area contributed by atoms with Crippen LogP contribution in [-0.4, -0.2) is 60.6 Å². The molecule has 1 saturated heterocycles. The first-order chi connectivity index (χ1) is 11.9. The van der Waals surface area contributed by atoms with Crippen molar-refractivity contribution in [1.29, 1.82) is 0 Å². The van der Waals surface area contributed by atoms with Gasteiger partial charge in [0.1, 0.15) is 12.1 Å². The van der Waals surface area contributed by atoms with Crippen LogP contribution in [0, 0.1) is 5.92 Å². The molecule has 25 heavy (non-hydrogen) atoms. The Morgan fingerprint density at radius 3 is 2.20 bits per heavy atom. The number of carbonyl (C=O) groups is 3. The number of carbonyl (C=O) groups excluding carboxylic acids is 3. The summed E-state index contributed by atoms with van der Waals surface area (Å²) >= 11 is 0. The first kappa shape index (κ1) is 21.4. The third-order valence-electron chi connectivity index (χ3n) is 4.31. The van der Waals surface area contributed by atoms with Gasteiger partial charge in [-0.25, -0.2) is 0 Å². The summed E-state index contributed by atoms with van der Waals surface area (Å²) in [7, 11) is 0. The van der Waals surface area contributed by atoms with Gasteiger partial charge in [0.05, 0.1) is 12.6 Å². The molecule has 0 aliphatic carbocycles. The van der Waals surface area contributed by atoms with Gasteiger partial charge in [0.2, 0.25) is 17.7 Å². The molecule has 1 aliphatic heterocycles. The van der Waals surface area contributed by atoms with Crippen LogP contribution in [0.2, 0.25) is 0 Å². The highest BCUT2D eigenvalue weighted by Gasteiger charge is 2.29. The molecule has 0 unspecified atom stereocenters. The topological polar surface area (TPSA) is 120 Å². The maximum atomic E-state index is 12.4. The van der Waals surface area contributed by atoms with Crippen LogP contribution in [0.4, 0.5) is 0 Å². The van der Waals surface area contributed by atoms with Crippen LogP contribution >= 0.6 is 0 Å². The zero-order chi connectivity index (χ0) is 18.8. The van der Waals surface area contributed by atoms with Gasteiger partial charge in [-0.2, -0.15) is 0 Å². The average Bonchev–Trinajstić information content (AvgIpc) is 2.57. The second kappa shape index (κ2) is 11.0. The van der Waals surface area contributed by atoms with Crippen LogP contribution in [0.25, 0.3) is 0 Å². The number of aliphatic hydroxyl groups is 1. The van der Waals surface area contributed by atoms with Gasteiger partial charge in [-0.1, -0.05) is 26.7 Å². The first-order valence-corrected chi connectivity index (χ1v) is 9.09. The normalized spacial score (nSPS) is 28.2. The predicted octanol–water partition coefficient (Wildman–Crippen LogP) is -0.727. The fourth-order valence-electron chi connectivity index (χ4n) is 2.62. The van der Waals surface area contributed by atoms with Crippen molar-refractivity contribution in [2.45, 2.75) is 64.6 Å². The number of nitrogens with one attached hydrogen (secondary N) is 4. The van der Waals surface area contributed by atoms with E-state index in [0.717, 1.165) is 25.7 Å². The molecule has 0 radical (unpaired) electrons. The molecular weight excluding hydrogens is 324 g/mol. The average molecular weight is 356 g/mol. The highest BCUT2D eigenvalue weighted by Crippen LogP contribution is 2.04. The molecule has 0 aromatic carbocycles. The quantitative estimate of drug-likeness (QED) is 0.447. The summed E-state index contributed by atoms with van der Waals surface area (Å²) in [4.78, 5) is 36.8. The fraction of sp³-hybridized carbons (Fsp3) is 0.824. The Morgan fingerprint density at radius 1 is 0.960 bits per heavy atom. The van der Waals surface area contributed by atoms with Crippen LogP contribution in [0.3, 0.4) is 0 Å². The van der Waals surface area contributed by atoms with Gasteiger partial charge in [0.25, 0.3) is 0 Å². The van der Waals surface area contributed by atoms with E-state index in [-0.39, 0.29) is 17.7 Å². The summed E-state index contributed by atoms with van der Waals surface area (Å²) in [6.07, 6.45) is 3.82. The molecule has 0 aromatic heterocycles. The number of aliphatic hydroxyl groups excluding tert-OH is 1. The Hall–Kier alpha value is -1.67. The zero-order valence-electron chi connectivity index (χ0n) is 15.4. The van der Waals surface area contributed by atoms with E-state index in [9.17, 15) is 19.5 Å². The summed E-state index contributed by atoms with van der Waals surface area (Å²) < 4.78 is 0. The maximum absolute atomic E-state index is 12.4. The van der Waals surface area contributed by atoms with Gasteiger partial charge in [0.15, 0.2) is 0 Å². The summed E-state index contributed by atoms with van der Waals surface area (Å²) in [5, 5.41) is 20.6. The summed E-state index contributed by atoms with van der Waals surface area (Å²) in [6, 6.07) is -2.25. The summed E-state index contributed by atoms with van der Waals surface area (Å²) in [5.41, 5.74) is 0. The number of hydrogen-bond donors (Lipinski definition) is 5. The lowest BCUT2D eigenvalue weighted by Crippen LogP contribution is -2.58. The molecule has 0 bridgehead atoms. The molecule has 0 spiro atoms.